The third kappa shape index (κ3) is 4.21. The summed E-state index contributed by atoms with van der Waals surface area (Å²) >= 11 is 16.2. The maximum atomic E-state index is 12.1. The van der Waals surface area contributed by atoms with Gasteiger partial charge in [-0.2, -0.15) is 0 Å². The molecule has 2 amide bonds. The molecule has 0 aliphatic rings. The Bertz CT molecular complexity index is 993. The molecule has 9 heteroatoms. The lowest BCUT2D eigenvalue weighted by atomic mass is 10.0. The average Bonchev–Trinajstić information content (AvgIpc) is 2.68. The fourth-order valence-electron chi connectivity index (χ4n) is 2.43. The summed E-state index contributed by atoms with van der Waals surface area (Å²) in [5, 5.41) is 12.8. The van der Waals surface area contributed by atoms with E-state index in [0.29, 0.717) is 23.4 Å². The van der Waals surface area contributed by atoms with E-state index in [9.17, 15) is 9.90 Å². The van der Waals surface area contributed by atoms with Gasteiger partial charge in [-0.05, 0) is 41.8 Å². The highest BCUT2D eigenvalue weighted by molar-refractivity contribution is 7.82. The molecule has 0 saturated carbocycles. The normalized spacial score (nSPS) is 10.8. The standard InChI is InChI=1S/C18H16Cl2N4O2S/c1-2-5-21-18(26)24(27)16-9-22-14-4-3-10(8-15(14)23-16)11-6-12(19)17(25)13(20)7-11/h3-4,6-9,25,27H,2,5H2,1H3,(H,21,26). The third-order valence-corrected chi connectivity index (χ3v) is 4.78. The molecule has 3 aromatic rings. The Morgan fingerprint density at radius 1 is 1.19 bits per heavy atom. The first-order valence-electron chi connectivity index (χ1n) is 8.12. The highest BCUT2D eigenvalue weighted by Gasteiger charge is 2.14. The molecule has 1 heterocycles. The molecule has 0 spiro atoms. The number of phenols is 1. The van der Waals surface area contributed by atoms with E-state index in [1.165, 1.54) is 6.20 Å². The van der Waals surface area contributed by atoms with Crippen molar-refractivity contribution in [2.24, 2.45) is 0 Å². The zero-order valence-corrected chi connectivity index (χ0v) is 16.7. The van der Waals surface area contributed by atoms with E-state index in [-0.39, 0.29) is 21.8 Å². The van der Waals surface area contributed by atoms with Crippen molar-refractivity contribution < 1.29 is 9.90 Å². The van der Waals surface area contributed by atoms with Gasteiger partial charge in [0.15, 0.2) is 11.6 Å². The van der Waals surface area contributed by atoms with Gasteiger partial charge in [0.1, 0.15) is 0 Å². The molecule has 6 nitrogen and oxygen atoms in total. The summed E-state index contributed by atoms with van der Waals surface area (Å²) in [5.41, 5.74) is 2.75. The Morgan fingerprint density at radius 2 is 1.89 bits per heavy atom. The molecule has 2 N–H and O–H groups in total. The van der Waals surface area contributed by atoms with Crippen molar-refractivity contribution >= 4 is 58.9 Å². The van der Waals surface area contributed by atoms with Crippen LogP contribution in [0.25, 0.3) is 22.2 Å². The largest absolute Gasteiger partial charge is 0.505 e. The van der Waals surface area contributed by atoms with Gasteiger partial charge in [0.25, 0.3) is 0 Å². The number of nitrogens with zero attached hydrogens (tertiary/aromatic N) is 3. The SMILES string of the molecule is CCCNC(=O)N(S)c1cnc2ccc(-c3cc(Cl)c(O)c(Cl)c3)cc2n1. The van der Waals surface area contributed by atoms with Crippen LogP contribution in [0.1, 0.15) is 13.3 Å². The Morgan fingerprint density at radius 3 is 2.56 bits per heavy atom. The van der Waals surface area contributed by atoms with Gasteiger partial charge in [-0.15, -0.1) is 0 Å². The number of anilines is 1. The smallest absolute Gasteiger partial charge is 0.333 e. The van der Waals surface area contributed by atoms with Gasteiger partial charge >= 0.3 is 6.03 Å². The number of benzene rings is 2. The van der Waals surface area contributed by atoms with E-state index >= 15 is 0 Å². The number of amides is 2. The molecule has 140 valence electrons. The molecule has 0 fully saturated rings. The number of halogens is 2. The van der Waals surface area contributed by atoms with E-state index in [1.54, 1.807) is 24.3 Å². The second-order valence-corrected chi connectivity index (χ2v) is 6.98. The quantitative estimate of drug-likeness (QED) is 0.512. The van der Waals surface area contributed by atoms with Crippen LogP contribution in [0.4, 0.5) is 10.6 Å². The van der Waals surface area contributed by atoms with E-state index in [1.807, 2.05) is 13.0 Å². The fourth-order valence-corrected chi connectivity index (χ4v) is 3.08. The van der Waals surface area contributed by atoms with Crippen LogP contribution in [0.5, 0.6) is 5.75 Å². The number of aromatic hydroxyl groups is 1. The molecule has 0 aliphatic heterocycles. The van der Waals surface area contributed by atoms with E-state index in [2.05, 4.69) is 28.1 Å². The number of rotatable bonds is 4. The maximum absolute atomic E-state index is 12.1. The monoisotopic (exact) mass is 422 g/mol. The highest BCUT2D eigenvalue weighted by Crippen LogP contribution is 2.37. The van der Waals surface area contributed by atoms with Gasteiger partial charge in [-0.25, -0.2) is 14.1 Å². The fraction of sp³-hybridized carbons (Fsp3) is 0.167. The Labute approximate surface area is 171 Å². The summed E-state index contributed by atoms with van der Waals surface area (Å²) < 4.78 is 1.11. The van der Waals surface area contributed by atoms with Crippen molar-refractivity contribution in [2.45, 2.75) is 13.3 Å². The maximum Gasteiger partial charge on any atom is 0.333 e. The third-order valence-electron chi connectivity index (χ3n) is 3.82. The Balaban J connectivity index is 1.98. The lowest BCUT2D eigenvalue weighted by molar-refractivity contribution is 0.250. The van der Waals surface area contributed by atoms with Gasteiger partial charge in [-0.1, -0.05) is 49.0 Å². The zero-order chi connectivity index (χ0) is 19.6. The van der Waals surface area contributed by atoms with Gasteiger partial charge in [0.05, 0.1) is 27.3 Å². The topological polar surface area (TPSA) is 78.4 Å². The van der Waals surface area contributed by atoms with Crippen molar-refractivity contribution in [3.05, 3.63) is 46.6 Å². The van der Waals surface area contributed by atoms with Gasteiger partial charge in [0.2, 0.25) is 0 Å². The number of phenolic OH excluding ortho intramolecular Hbond substituents is 1. The number of carbonyl (C=O) groups is 1. The lowest BCUT2D eigenvalue weighted by Crippen LogP contribution is -2.34. The minimum absolute atomic E-state index is 0.159. The lowest BCUT2D eigenvalue weighted by Gasteiger charge is -2.15. The number of carbonyl (C=O) groups excluding carboxylic acids is 1. The number of hydrogen-bond acceptors (Lipinski definition) is 5. The van der Waals surface area contributed by atoms with Crippen LogP contribution >= 0.6 is 36.0 Å². The van der Waals surface area contributed by atoms with Crippen LogP contribution in [0.2, 0.25) is 10.0 Å². The molecule has 0 bridgehead atoms. The van der Waals surface area contributed by atoms with E-state index in [0.717, 1.165) is 21.9 Å². The molecular weight excluding hydrogens is 407 g/mol. The van der Waals surface area contributed by atoms with E-state index in [4.69, 9.17) is 23.2 Å². The van der Waals surface area contributed by atoms with Crippen molar-refractivity contribution in [1.82, 2.24) is 15.3 Å². The molecule has 0 unspecified atom stereocenters. The van der Waals surface area contributed by atoms with Crippen molar-refractivity contribution in [2.75, 3.05) is 10.8 Å². The summed E-state index contributed by atoms with van der Waals surface area (Å²) in [6, 6.07) is 8.31. The molecule has 0 atom stereocenters. The molecule has 2 aromatic carbocycles. The number of hydrogen-bond donors (Lipinski definition) is 3. The number of urea groups is 1. The Hall–Kier alpha value is -2.22. The minimum atomic E-state index is -0.373. The van der Waals surface area contributed by atoms with Gasteiger partial charge in [-0.3, -0.25) is 4.98 Å². The van der Waals surface area contributed by atoms with Crippen LogP contribution in [0.15, 0.2) is 36.5 Å². The number of fused-ring (bicyclic) bond motifs is 1. The van der Waals surface area contributed by atoms with Crippen LogP contribution in [-0.4, -0.2) is 27.7 Å². The van der Waals surface area contributed by atoms with Crippen molar-refractivity contribution in [1.29, 1.82) is 0 Å². The molecular formula is C18H16Cl2N4O2S. The molecule has 3 rings (SSSR count). The predicted molar refractivity (Wildman–Crippen MR) is 112 cm³/mol. The first-order chi connectivity index (χ1) is 12.9. The van der Waals surface area contributed by atoms with E-state index < -0.39 is 0 Å². The Kier molecular flexibility index (Phi) is 5.94. The summed E-state index contributed by atoms with van der Waals surface area (Å²) in [7, 11) is 0. The molecule has 0 saturated heterocycles. The van der Waals surface area contributed by atoms with Crippen molar-refractivity contribution in [3.8, 4) is 16.9 Å². The molecule has 1 aromatic heterocycles. The van der Waals surface area contributed by atoms with Crippen LogP contribution in [-0.2, 0) is 0 Å². The second kappa shape index (κ2) is 8.21. The minimum Gasteiger partial charge on any atom is -0.505 e. The first kappa shape index (κ1) is 19.5. The molecule has 0 radical (unpaired) electrons. The van der Waals surface area contributed by atoms with Gasteiger partial charge in [0, 0.05) is 6.54 Å². The molecule has 27 heavy (non-hydrogen) atoms. The summed E-state index contributed by atoms with van der Waals surface area (Å²) in [5.74, 6) is 0.145. The first-order valence-corrected chi connectivity index (χ1v) is 9.28. The summed E-state index contributed by atoms with van der Waals surface area (Å²) in [6.07, 6.45) is 2.30. The summed E-state index contributed by atoms with van der Waals surface area (Å²) in [6.45, 7) is 2.51. The average molecular weight is 423 g/mol. The number of thiol groups is 1. The molecule has 0 aliphatic carbocycles. The predicted octanol–water partition coefficient (Wildman–Crippen LogP) is 5.08. The number of aromatic nitrogens is 2. The highest BCUT2D eigenvalue weighted by atomic mass is 35.5. The second-order valence-electron chi connectivity index (χ2n) is 5.76. The van der Waals surface area contributed by atoms with Gasteiger partial charge < -0.3 is 10.4 Å². The van der Waals surface area contributed by atoms with Crippen LogP contribution < -0.4 is 9.62 Å². The number of nitrogens with one attached hydrogen (secondary N) is 1. The summed E-state index contributed by atoms with van der Waals surface area (Å²) in [4.78, 5) is 20.8. The van der Waals surface area contributed by atoms with Crippen LogP contribution in [0.3, 0.4) is 0 Å². The zero-order valence-electron chi connectivity index (χ0n) is 14.3. The van der Waals surface area contributed by atoms with Crippen molar-refractivity contribution in [3.63, 3.8) is 0 Å². The van der Waals surface area contributed by atoms with Crippen LogP contribution in [0, 0.1) is 0 Å².